The molecule has 0 heterocycles. The summed E-state index contributed by atoms with van der Waals surface area (Å²) < 4.78 is 9.60. The van der Waals surface area contributed by atoms with Crippen LogP contribution in [-0.4, -0.2) is 42.8 Å². The lowest BCUT2D eigenvalue weighted by Crippen LogP contribution is -2.34. The van der Waals surface area contributed by atoms with Gasteiger partial charge in [-0.05, 0) is 31.2 Å². The molecule has 1 aromatic rings. The SMILES string of the molecule is CCOC(=O)CNC(=O)Nc1ccc(OCC(=O)O)cc1. The van der Waals surface area contributed by atoms with E-state index in [-0.39, 0.29) is 13.2 Å². The zero-order chi connectivity index (χ0) is 15.7. The number of carboxylic acids is 1. The lowest BCUT2D eigenvalue weighted by atomic mass is 10.3. The van der Waals surface area contributed by atoms with Crippen molar-refractivity contribution >= 4 is 23.7 Å². The monoisotopic (exact) mass is 296 g/mol. The lowest BCUT2D eigenvalue weighted by molar-refractivity contribution is -0.142. The summed E-state index contributed by atoms with van der Waals surface area (Å²) in [6.07, 6.45) is 0. The summed E-state index contributed by atoms with van der Waals surface area (Å²) in [4.78, 5) is 32.9. The number of esters is 1. The Morgan fingerprint density at radius 1 is 1.19 bits per heavy atom. The van der Waals surface area contributed by atoms with Crippen LogP contribution in [0.2, 0.25) is 0 Å². The maximum Gasteiger partial charge on any atom is 0.341 e. The van der Waals surface area contributed by atoms with E-state index in [1.165, 1.54) is 12.1 Å². The lowest BCUT2D eigenvalue weighted by Gasteiger charge is -2.08. The van der Waals surface area contributed by atoms with Gasteiger partial charge in [0.15, 0.2) is 6.61 Å². The highest BCUT2D eigenvalue weighted by Crippen LogP contribution is 2.15. The van der Waals surface area contributed by atoms with Gasteiger partial charge in [0, 0.05) is 5.69 Å². The predicted molar refractivity (Wildman–Crippen MR) is 73.2 cm³/mol. The standard InChI is InChI=1S/C13H16N2O6/c1-2-20-12(18)7-14-13(19)15-9-3-5-10(6-4-9)21-8-11(16)17/h3-6H,2,7-8H2,1H3,(H,16,17)(H2,14,15,19). The Morgan fingerprint density at radius 2 is 1.86 bits per heavy atom. The van der Waals surface area contributed by atoms with Gasteiger partial charge in [-0.3, -0.25) is 4.79 Å². The van der Waals surface area contributed by atoms with Gasteiger partial charge in [-0.1, -0.05) is 0 Å². The van der Waals surface area contributed by atoms with Gasteiger partial charge in [0.2, 0.25) is 0 Å². The van der Waals surface area contributed by atoms with Gasteiger partial charge in [0.05, 0.1) is 6.61 Å². The van der Waals surface area contributed by atoms with Crippen LogP contribution in [0.3, 0.4) is 0 Å². The molecule has 8 heteroatoms. The highest BCUT2D eigenvalue weighted by atomic mass is 16.5. The van der Waals surface area contributed by atoms with Gasteiger partial charge in [-0.2, -0.15) is 0 Å². The second-order valence-corrected chi connectivity index (χ2v) is 3.82. The van der Waals surface area contributed by atoms with E-state index >= 15 is 0 Å². The molecule has 1 rings (SSSR count). The van der Waals surface area contributed by atoms with Crippen LogP contribution in [0, 0.1) is 0 Å². The number of carboxylic acid groups (broad SMARTS) is 1. The van der Waals surface area contributed by atoms with E-state index in [0.29, 0.717) is 11.4 Å². The third kappa shape index (κ3) is 6.81. The van der Waals surface area contributed by atoms with E-state index in [0.717, 1.165) is 0 Å². The number of ether oxygens (including phenoxy) is 2. The van der Waals surface area contributed by atoms with Crippen molar-refractivity contribution in [3.8, 4) is 5.75 Å². The Bertz CT molecular complexity index is 500. The average Bonchev–Trinajstić information content (AvgIpc) is 2.45. The van der Waals surface area contributed by atoms with Crippen LogP contribution in [0.25, 0.3) is 0 Å². The first-order valence-electron chi connectivity index (χ1n) is 6.16. The van der Waals surface area contributed by atoms with E-state index in [4.69, 9.17) is 9.84 Å². The van der Waals surface area contributed by atoms with Crippen molar-refractivity contribution in [2.24, 2.45) is 0 Å². The fraction of sp³-hybridized carbons (Fsp3) is 0.308. The largest absolute Gasteiger partial charge is 0.482 e. The number of benzene rings is 1. The topological polar surface area (TPSA) is 114 Å². The summed E-state index contributed by atoms with van der Waals surface area (Å²) in [6, 6.07) is 5.57. The van der Waals surface area contributed by atoms with Crippen molar-refractivity contribution in [3.63, 3.8) is 0 Å². The van der Waals surface area contributed by atoms with Gasteiger partial charge < -0.3 is 25.2 Å². The normalized spacial score (nSPS) is 9.57. The molecule has 0 aliphatic rings. The Hall–Kier alpha value is -2.77. The maximum atomic E-state index is 11.5. The molecule has 0 aliphatic carbocycles. The van der Waals surface area contributed by atoms with Crippen molar-refractivity contribution in [1.29, 1.82) is 0 Å². The minimum absolute atomic E-state index is 0.223. The molecule has 0 radical (unpaired) electrons. The molecule has 0 aromatic heterocycles. The van der Waals surface area contributed by atoms with Crippen molar-refractivity contribution in [2.45, 2.75) is 6.92 Å². The Morgan fingerprint density at radius 3 is 2.43 bits per heavy atom. The second kappa shape index (κ2) is 8.41. The van der Waals surface area contributed by atoms with Crippen LogP contribution in [-0.2, 0) is 14.3 Å². The molecule has 0 spiro atoms. The van der Waals surface area contributed by atoms with Crippen molar-refractivity contribution in [1.82, 2.24) is 5.32 Å². The van der Waals surface area contributed by atoms with Crippen LogP contribution in [0.1, 0.15) is 6.92 Å². The van der Waals surface area contributed by atoms with E-state index in [9.17, 15) is 14.4 Å². The summed E-state index contributed by atoms with van der Waals surface area (Å²) in [6.45, 7) is 1.26. The molecule has 0 fully saturated rings. The van der Waals surface area contributed by atoms with Gasteiger partial charge in [-0.15, -0.1) is 0 Å². The molecule has 1 aromatic carbocycles. The quantitative estimate of drug-likeness (QED) is 0.642. The zero-order valence-corrected chi connectivity index (χ0v) is 11.4. The molecule has 2 amide bonds. The van der Waals surface area contributed by atoms with Crippen LogP contribution in [0.15, 0.2) is 24.3 Å². The first kappa shape index (κ1) is 16.3. The Labute approximate surface area is 121 Å². The fourth-order valence-electron chi connectivity index (χ4n) is 1.32. The van der Waals surface area contributed by atoms with Gasteiger partial charge in [0.25, 0.3) is 0 Å². The van der Waals surface area contributed by atoms with Crippen LogP contribution in [0.5, 0.6) is 5.75 Å². The minimum Gasteiger partial charge on any atom is -0.482 e. The highest BCUT2D eigenvalue weighted by molar-refractivity contribution is 5.91. The number of rotatable bonds is 7. The molecule has 0 atom stereocenters. The average molecular weight is 296 g/mol. The first-order valence-corrected chi connectivity index (χ1v) is 6.16. The Kier molecular flexibility index (Phi) is 6.52. The smallest absolute Gasteiger partial charge is 0.341 e. The van der Waals surface area contributed by atoms with Crippen LogP contribution in [0.4, 0.5) is 10.5 Å². The van der Waals surface area contributed by atoms with E-state index < -0.39 is 24.6 Å². The van der Waals surface area contributed by atoms with Gasteiger partial charge >= 0.3 is 18.0 Å². The number of carbonyl (C=O) groups excluding carboxylic acids is 2. The van der Waals surface area contributed by atoms with Gasteiger partial charge in [-0.25, -0.2) is 9.59 Å². The van der Waals surface area contributed by atoms with Crippen LogP contribution < -0.4 is 15.4 Å². The number of hydrogen-bond donors (Lipinski definition) is 3. The maximum absolute atomic E-state index is 11.5. The molecule has 3 N–H and O–H groups in total. The number of aliphatic carboxylic acids is 1. The van der Waals surface area contributed by atoms with Crippen molar-refractivity contribution in [2.75, 3.05) is 25.1 Å². The number of anilines is 1. The van der Waals surface area contributed by atoms with Crippen LogP contribution >= 0.6 is 0 Å². The predicted octanol–water partition coefficient (Wildman–Crippen LogP) is 0.835. The van der Waals surface area contributed by atoms with E-state index in [1.807, 2.05) is 0 Å². The van der Waals surface area contributed by atoms with E-state index in [1.54, 1.807) is 19.1 Å². The molecule has 0 saturated carbocycles. The molecular formula is C13H16N2O6. The van der Waals surface area contributed by atoms with Crippen molar-refractivity contribution < 1.29 is 29.0 Å². The zero-order valence-electron chi connectivity index (χ0n) is 11.4. The summed E-state index contributed by atoms with van der Waals surface area (Å²) >= 11 is 0. The number of nitrogens with one attached hydrogen (secondary N) is 2. The molecular weight excluding hydrogens is 280 g/mol. The van der Waals surface area contributed by atoms with Gasteiger partial charge in [0.1, 0.15) is 12.3 Å². The third-order valence-corrected chi connectivity index (χ3v) is 2.17. The van der Waals surface area contributed by atoms with E-state index in [2.05, 4.69) is 15.4 Å². The molecule has 0 unspecified atom stereocenters. The summed E-state index contributed by atoms with van der Waals surface area (Å²) in [5.41, 5.74) is 0.471. The number of urea groups is 1. The highest BCUT2D eigenvalue weighted by Gasteiger charge is 2.06. The molecule has 0 bridgehead atoms. The fourth-order valence-corrected chi connectivity index (χ4v) is 1.32. The molecule has 8 nitrogen and oxygen atoms in total. The molecule has 0 aliphatic heterocycles. The number of carbonyl (C=O) groups is 3. The number of hydrogen-bond acceptors (Lipinski definition) is 5. The van der Waals surface area contributed by atoms with Crippen molar-refractivity contribution in [3.05, 3.63) is 24.3 Å². The Balaban J connectivity index is 2.39. The summed E-state index contributed by atoms with van der Waals surface area (Å²) in [5.74, 6) is -1.23. The summed E-state index contributed by atoms with van der Waals surface area (Å²) in [5, 5.41) is 13.3. The minimum atomic E-state index is -1.07. The molecule has 0 saturated heterocycles. The summed E-state index contributed by atoms with van der Waals surface area (Å²) in [7, 11) is 0. The molecule has 114 valence electrons. The molecule has 21 heavy (non-hydrogen) atoms. The number of amides is 2. The third-order valence-electron chi connectivity index (χ3n) is 2.17. The second-order valence-electron chi connectivity index (χ2n) is 3.82. The first-order chi connectivity index (χ1) is 10.0.